The first-order valence-corrected chi connectivity index (χ1v) is 8.47. The molecule has 4 rings (SSSR count). The predicted molar refractivity (Wildman–Crippen MR) is 95.6 cm³/mol. The molecule has 0 spiro atoms. The molecule has 2 unspecified atom stereocenters. The summed E-state index contributed by atoms with van der Waals surface area (Å²) in [6.07, 6.45) is 1.73. The van der Waals surface area contributed by atoms with E-state index in [-0.39, 0.29) is 5.82 Å². The van der Waals surface area contributed by atoms with Crippen LogP contribution in [0.25, 0.3) is 16.9 Å². The van der Waals surface area contributed by atoms with Crippen LogP contribution in [0.15, 0.2) is 42.6 Å². The normalized spacial score (nSPS) is 23.2. The molecule has 25 heavy (non-hydrogen) atoms. The number of hydrazine groups is 1. The Hall–Kier alpha value is -2.51. The number of hydrogen-bond acceptors (Lipinski definition) is 5. The van der Waals surface area contributed by atoms with Gasteiger partial charge in [-0.25, -0.2) is 9.37 Å². The minimum absolute atomic E-state index is 0.253. The number of hydrogen-bond donors (Lipinski definition) is 3. The first-order valence-electron chi connectivity index (χ1n) is 8.47. The van der Waals surface area contributed by atoms with Gasteiger partial charge >= 0.3 is 0 Å². The summed E-state index contributed by atoms with van der Waals surface area (Å²) in [4.78, 5) is 4.62. The first kappa shape index (κ1) is 16.0. The van der Waals surface area contributed by atoms with E-state index in [9.17, 15) is 4.39 Å². The maximum atomic E-state index is 13.2. The lowest BCUT2D eigenvalue weighted by Gasteiger charge is -2.19. The van der Waals surface area contributed by atoms with Gasteiger partial charge in [0.2, 0.25) is 0 Å². The Balaban J connectivity index is 1.65. The largest absolute Gasteiger partial charge is 0.369 e. The number of fused-ring (bicyclic) bond motifs is 1. The SMILES string of the molecule is CC1NNC(C)C1CNc1cc(-c2ccc(F)cc2)nc2ccnn12. The Labute approximate surface area is 145 Å². The molecule has 1 saturated heterocycles. The van der Waals surface area contributed by atoms with Crippen LogP contribution in [-0.4, -0.2) is 33.2 Å². The summed E-state index contributed by atoms with van der Waals surface area (Å²) in [6.45, 7) is 5.15. The monoisotopic (exact) mass is 340 g/mol. The topological polar surface area (TPSA) is 66.3 Å². The number of anilines is 1. The van der Waals surface area contributed by atoms with Crippen LogP contribution in [0.3, 0.4) is 0 Å². The highest BCUT2D eigenvalue weighted by Gasteiger charge is 2.29. The van der Waals surface area contributed by atoms with Crippen molar-refractivity contribution in [3.05, 3.63) is 48.4 Å². The van der Waals surface area contributed by atoms with Gasteiger partial charge in [-0.05, 0) is 38.1 Å². The van der Waals surface area contributed by atoms with E-state index >= 15 is 0 Å². The summed E-state index contributed by atoms with van der Waals surface area (Å²) >= 11 is 0. The second-order valence-corrected chi connectivity index (χ2v) is 6.55. The van der Waals surface area contributed by atoms with Crippen LogP contribution in [0.5, 0.6) is 0 Å². The van der Waals surface area contributed by atoms with Crippen molar-refractivity contribution < 1.29 is 4.39 Å². The number of nitrogens with one attached hydrogen (secondary N) is 3. The maximum absolute atomic E-state index is 13.2. The quantitative estimate of drug-likeness (QED) is 0.681. The molecular formula is C18H21FN6. The molecule has 7 heteroatoms. The molecule has 3 N–H and O–H groups in total. The highest BCUT2D eigenvalue weighted by Crippen LogP contribution is 2.23. The second-order valence-electron chi connectivity index (χ2n) is 6.55. The molecule has 3 aromatic rings. The molecule has 130 valence electrons. The van der Waals surface area contributed by atoms with Crippen LogP contribution >= 0.6 is 0 Å². The third kappa shape index (κ3) is 3.08. The van der Waals surface area contributed by atoms with Crippen molar-refractivity contribution in [3.8, 4) is 11.3 Å². The third-order valence-corrected chi connectivity index (χ3v) is 4.84. The van der Waals surface area contributed by atoms with Crippen LogP contribution in [0.2, 0.25) is 0 Å². The van der Waals surface area contributed by atoms with Gasteiger partial charge in [0.1, 0.15) is 11.6 Å². The van der Waals surface area contributed by atoms with Crippen LogP contribution in [-0.2, 0) is 0 Å². The van der Waals surface area contributed by atoms with Crippen molar-refractivity contribution in [1.82, 2.24) is 25.4 Å². The summed E-state index contributed by atoms with van der Waals surface area (Å²) in [7, 11) is 0. The summed E-state index contributed by atoms with van der Waals surface area (Å²) < 4.78 is 15.0. The molecule has 0 radical (unpaired) electrons. The molecule has 1 aromatic carbocycles. The molecule has 0 bridgehead atoms. The van der Waals surface area contributed by atoms with Crippen molar-refractivity contribution in [2.45, 2.75) is 25.9 Å². The van der Waals surface area contributed by atoms with E-state index in [0.29, 0.717) is 18.0 Å². The summed E-state index contributed by atoms with van der Waals surface area (Å²) in [5.41, 5.74) is 8.96. The minimum Gasteiger partial charge on any atom is -0.369 e. The van der Waals surface area contributed by atoms with E-state index in [1.54, 1.807) is 22.8 Å². The molecule has 6 nitrogen and oxygen atoms in total. The van der Waals surface area contributed by atoms with Gasteiger partial charge in [0.25, 0.3) is 0 Å². The number of nitrogens with zero attached hydrogens (tertiary/aromatic N) is 3. The van der Waals surface area contributed by atoms with Gasteiger partial charge in [0.15, 0.2) is 5.65 Å². The molecule has 0 aliphatic carbocycles. The molecular weight excluding hydrogens is 319 g/mol. The van der Waals surface area contributed by atoms with Crippen molar-refractivity contribution in [1.29, 1.82) is 0 Å². The van der Waals surface area contributed by atoms with E-state index in [1.807, 2.05) is 12.1 Å². The lowest BCUT2D eigenvalue weighted by atomic mass is 9.97. The van der Waals surface area contributed by atoms with E-state index < -0.39 is 0 Å². The zero-order valence-electron chi connectivity index (χ0n) is 14.2. The van der Waals surface area contributed by atoms with Crippen LogP contribution in [0, 0.1) is 11.7 Å². The molecule has 2 aromatic heterocycles. The Morgan fingerprint density at radius 1 is 1.12 bits per heavy atom. The van der Waals surface area contributed by atoms with E-state index in [0.717, 1.165) is 29.3 Å². The van der Waals surface area contributed by atoms with Crippen LogP contribution in [0.1, 0.15) is 13.8 Å². The summed E-state index contributed by atoms with van der Waals surface area (Å²) in [6, 6.07) is 11.0. The number of halogens is 1. The van der Waals surface area contributed by atoms with Gasteiger partial charge in [-0.1, -0.05) is 0 Å². The molecule has 0 saturated carbocycles. The second kappa shape index (κ2) is 6.42. The zero-order chi connectivity index (χ0) is 17.4. The highest BCUT2D eigenvalue weighted by molar-refractivity contribution is 5.66. The van der Waals surface area contributed by atoms with Crippen molar-refractivity contribution >= 4 is 11.5 Å². The van der Waals surface area contributed by atoms with Gasteiger partial charge in [-0.3, -0.25) is 10.9 Å². The Bertz CT molecular complexity index is 865. The zero-order valence-corrected chi connectivity index (χ0v) is 14.2. The van der Waals surface area contributed by atoms with Gasteiger partial charge in [0, 0.05) is 42.2 Å². The van der Waals surface area contributed by atoms with Gasteiger partial charge in [-0.2, -0.15) is 9.61 Å². The standard InChI is InChI=1S/C18H21FN6/c1-11-15(12(2)24-23-11)10-20-18-9-16(13-3-5-14(19)6-4-13)22-17-7-8-21-25(17)18/h3-9,11-12,15,20,23-24H,10H2,1-2H3. The number of benzene rings is 1. The van der Waals surface area contributed by atoms with Crippen molar-refractivity contribution in [2.75, 3.05) is 11.9 Å². The summed E-state index contributed by atoms with van der Waals surface area (Å²) in [5, 5.41) is 7.86. The molecule has 1 aliphatic heterocycles. The van der Waals surface area contributed by atoms with Crippen LogP contribution < -0.4 is 16.2 Å². The minimum atomic E-state index is -0.253. The van der Waals surface area contributed by atoms with Crippen LogP contribution in [0.4, 0.5) is 10.2 Å². The Morgan fingerprint density at radius 3 is 2.56 bits per heavy atom. The first-order chi connectivity index (χ1) is 12.1. The number of rotatable bonds is 4. The lowest BCUT2D eigenvalue weighted by Crippen LogP contribution is -2.30. The van der Waals surface area contributed by atoms with Crippen molar-refractivity contribution in [2.24, 2.45) is 5.92 Å². The smallest absolute Gasteiger partial charge is 0.157 e. The fraction of sp³-hybridized carbons (Fsp3) is 0.333. The van der Waals surface area contributed by atoms with Crippen molar-refractivity contribution in [3.63, 3.8) is 0 Å². The van der Waals surface area contributed by atoms with Gasteiger partial charge in [-0.15, -0.1) is 0 Å². The highest BCUT2D eigenvalue weighted by atomic mass is 19.1. The number of aromatic nitrogens is 3. The molecule has 0 amide bonds. The van der Waals surface area contributed by atoms with E-state index in [1.165, 1.54) is 12.1 Å². The predicted octanol–water partition coefficient (Wildman–Crippen LogP) is 2.45. The third-order valence-electron chi connectivity index (χ3n) is 4.84. The van der Waals surface area contributed by atoms with E-state index in [4.69, 9.17) is 0 Å². The van der Waals surface area contributed by atoms with Gasteiger partial charge < -0.3 is 5.32 Å². The fourth-order valence-electron chi connectivity index (χ4n) is 3.29. The lowest BCUT2D eigenvalue weighted by molar-refractivity contribution is 0.466. The Kier molecular flexibility index (Phi) is 4.10. The summed E-state index contributed by atoms with van der Waals surface area (Å²) in [5.74, 6) is 1.07. The molecule has 1 fully saturated rings. The Morgan fingerprint density at radius 2 is 1.84 bits per heavy atom. The average Bonchev–Trinajstić information content (AvgIpc) is 3.20. The average molecular weight is 340 g/mol. The molecule has 3 heterocycles. The molecule has 1 aliphatic rings. The maximum Gasteiger partial charge on any atom is 0.157 e. The van der Waals surface area contributed by atoms with Gasteiger partial charge in [0.05, 0.1) is 11.9 Å². The molecule has 2 atom stereocenters. The fourth-order valence-corrected chi connectivity index (χ4v) is 3.29. The van der Waals surface area contributed by atoms with E-state index in [2.05, 4.69) is 40.1 Å².